The maximum atomic E-state index is 10.4. The largest absolute Gasteiger partial charge is 0.295 e. The summed E-state index contributed by atoms with van der Waals surface area (Å²) in [5.74, 6) is 0.630. The molecule has 0 fully saturated rings. The lowest BCUT2D eigenvalue weighted by molar-refractivity contribution is -0.114. The van der Waals surface area contributed by atoms with Crippen LogP contribution in [0.3, 0.4) is 0 Å². The summed E-state index contributed by atoms with van der Waals surface area (Å²) >= 11 is 5.32. The average molecular weight is 133 g/mol. The van der Waals surface area contributed by atoms with Gasteiger partial charge in [-0.25, -0.2) is 0 Å². The quantitative estimate of drug-likeness (QED) is 0.421. The first kappa shape index (κ1) is 7.70. The molecule has 8 heavy (non-hydrogen) atoms. The summed E-state index contributed by atoms with van der Waals surface area (Å²) in [6.45, 7) is 3.32. The molecule has 0 aromatic heterocycles. The normalized spacial score (nSPS) is 8.62. The smallest absolute Gasteiger partial charge is 0.155 e. The summed E-state index contributed by atoms with van der Waals surface area (Å²) in [5, 5.41) is 0. The van der Waals surface area contributed by atoms with Crippen LogP contribution in [0.15, 0.2) is 12.7 Å². The van der Waals surface area contributed by atoms with Crippen LogP contribution in [0.4, 0.5) is 0 Å². The Morgan fingerprint density at radius 1 is 1.75 bits per heavy atom. The molecule has 0 aromatic carbocycles. The molecular formula is C6H9ClO. The van der Waals surface area contributed by atoms with E-state index in [1.54, 1.807) is 0 Å². The third-order valence-electron chi connectivity index (χ3n) is 0.784. The van der Waals surface area contributed by atoms with Gasteiger partial charge in [-0.2, -0.15) is 0 Å². The Kier molecular flexibility index (Phi) is 4.67. The molecule has 46 valence electrons. The zero-order valence-electron chi connectivity index (χ0n) is 4.69. The number of rotatable bonds is 4. The number of allylic oxidation sites excluding steroid dienone is 1. The van der Waals surface area contributed by atoms with Crippen LogP contribution in [0.1, 0.15) is 12.8 Å². The van der Waals surface area contributed by atoms with Crippen LogP contribution in [-0.4, -0.2) is 11.7 Å². The summed E-state index contributed by atoms with van der Waals surface area (Å²) in [6.07, 6.45) is 2.62. The molecule has 0 bridgehead atoms. The Morgan fingerprint density at radius 3 is 2.75 bits per heavy atom. The molecule has 0 aliphatic carbocycles. The minimum atomic E-state index is 0.0747. The van der Waals surface area contributed by atoms with E-state index in [0.29, 0.717) is 12.3 Å². The van der Waals surface area contributed by atoms with Crippen molar-refractivity contribution in [3.63, 3.8) is 0 Å². The molecule has 0 aliphatic rings. The van der Waals surface area contributed by atoms with E-state index in [4.69, 9.17) is 11.6 Å². The number of halogens is 1. The van der Waals surface area contributed by atoms with Crippen molar-refractivity contribution < 1.29 is 4.79 Å². The van der Waals surface area contributed by atoms with Crippen molar-refractivity contribution in [2.75, 3.05) is 5.88 Å². The highest BCUT2D eigenvalue weighted by molar-refractivity contribution is 6.18. The molecule has 0 amide bonds. The Bertz CT molecular complexity index is 88.5. The molecular weight excluding hydrogens is 124 g/mol. The molecule has 0 atom stereocenters. The predicted molar refractivity (Wildman–Crippen MR) is 35.2 cm³/mol. The molecule has 2 heteroatoms. The summed E-state index contributed by atoms with van der Waals surface area (Å²) in [5.41, 5.74) is 0. The molecule has 1 nitrogen and oxygen atoms in total. The standard InChI is InChI=1S/C6H9ClO/c1-2-6(8)4-3-5-7/h2H,1,3-5H2. The van der Waals surface area contributed by atoms with Crippen LogP contribution in [0, 0.1) is 0 Å². The van der Waals surface area contributed by atoms with Gasteiger partial charge >= 0.3 is 0 Å². The van der Waals surface area contributed by atoms with E-state index in [2.05, 4.69) is 6.58 Å². The van der Waals surface area contributed by atoms with Gasteiger partial charge in [-0.3, -0.25) is 4.79 Å². The minimum Gasteiger partial charge on any atom is -0.295 e. The first-order chi connectivity index (χ1) is 3.81. The van der Waals surface area contributed by atoms with Crippen molar-refractivity contribution >= 4 is 17.4 Å². The van der Waals surface area contributed by atoms with Gasteiger partial charge in [0.1, 0.15) is 0 Å². The molecule has 0 radical (unpaired) electrons. The van der Waals surface area contributed by atoms with Gasteiger partial charge < -0.3 is 0 Å². The van der Waals surface area contributed by atoms with Gasteiger partial charge in [0.05, 0.1) is 0 Å². The van der Waals surface area contributed by atoms with E-state index >= 15 is 0 Å². The molecule has 0 saturated heterocycles. The van der Waals surface area contributed by atoms with Crippen molar-refractivity contribution in [1.82, 2.24) is 0 Å². The highest BCUT2D eigenvalue weighted by Crippen LogP contribution is 1.92. The Balaban J connectivity index is 3.11. The molecule has 0 heterocycles. The fourth-order valence-electron chi connectivity index (χ4n) is 0.343. The van der Waals surface area contributed by atoms with Crippen molar-refractivity contribution in [3.8, 4) is 0 Å². The minimum absolute atomic E-state index is 0.0747. The highest BCUT2D eigenvalue weighted by atomic mass is 35.5. The summed E-state index contributed by atoms with van der Waals surface area (Å²) in [7, 11) is 0. The highest BCUT2D eigenvalue weighted by Gasteiger charge is 1.91. The van der Waals surface area contributed by atoms with E-state index in [1.165, 1.54) is 6.08 Å². The van der Waals surface area contributed by atoms with Gasteiger partial charge in [0.2, 0.25) is 0 Å². The number of hydrogen-bond donors (Lipinski definition) is 0. The first-order valence-corrected chi connectivity index (χ1v) is 3.06. The van der Waals surface area contributed by atoms with Gasteiger partial charge in [-0.15, -0.1) is 11.6 Å². The molecule has 0 spiro atoms. The van der Waals surface area contributed by atoms with Gasteiger partial charge in [0.25, 0.3) is 0 Å². The van der Waals surface area contributed by atoms with Crippen molar-refractivity contribution in [2.24, 2.45) is 0 Å². The van der Waals surface area contributed by atoms with Crippen LogP contribution < -0.4 is 0 Å². The van der Waals surface area contributed by atoms with Gasteiger partial charge in [0.15, 0.2) is 5.78 Å². The fraction of sp³-hybridized carbons (Fsp3) is 0.500. The Labute approximate surface area is 54.3 Å². The summed E-state index contributed by atoms with van der Waals surface area (Å²) < 4.78 is 0. The van der Waals surface area contributed by atoms with E-state index < -0.39 is 0 Å². The number of ketones is 1. The lowest BCUT2D eigenvalue weighted by Crippen LogP contribution is -1.90. The second-order valence-corrected chi connectivity index (χ2v) is 1.84. The van der Waals surface area contributed by atoms with E-state index in [-0.39, 0.29) is 5.78 Å². The van der Waals surface area contributed by atoms with Crippen molar-refractivity contribution in [2.45, 2.75) is 12.8 Å². The Morgan fingerprint density at radius 2 is 2.38 bits per heavy atom. The van der Waals surface area contributed by atoms with Crippen LogP contribution in [0.5, 0.6) is 0 Å². The average Bonchev–Trinajstić information content (AvgIpc) is 1.83. The first-order valence-electron chi connectivity index (χ1n) is 2.52. The second kappa shape index (κ2) is 4.85. The summed E-state index contributed by atoms with van der Waals surface area (Å²) in [4.78, 5) is 10.4. The zero-order chi connectivity index (χ0) is 6.41. The molecule has 0 rings (SSSR count). The number of hydrogen-bond acceptors (Lipinski definition) is 1. The fourth-order valence-corrected chi connectivity index (χ4v) is 0.477. The molecule has 0 aromatic rings. The van der Waals surface area contributed by atoms with Crippen LogP contribution in [-0.2, 0) is 4.79 Å². The topological polar surface area (TPSA) is 17.1 Å². The zero-order valence-corrected chi connectivity index (χ0v) is 5.45. The third kappa shape index (κ3) is 3.88. The van der Waals surface area contributed by atoms with Gasteiger partial charge in [-0.1, -0.05) is 6.58 Å². The summed E-state index contributed by atoms with van der Waals surface area (Å²) in [6, 6.07) is 0. The number of carbonyl (C=O) groups excluding carboxylic acids is 1. The van der Waals surface area contributed by atoms with E-state index in [1.807, 2.05) is 0 Å². The van der Waals surface area contributed by atoms with Gasteiger partial charge in [0, 0.05) is 12.3 Å². The second-order valence-electron chi connectivity index (χ2n) is 1.46. The number of carbonyl (C=O) groups is 1. The van der Waals surface area contributed by atoms with Gasteiger partial charge in [-0.05, 0) is 12.5 Å². The van der Waals surface area contributed by atoms with Crippen LogP contribution >= 0.6 is 11.6 Å². The molecule has 0 unspecified atom stereocenters. The van der Waals surface area contributed by atoms with Crippen molar-refractivity contribution in [3.05, 3.63) is 12.7 Å². The van der Waals surface area contributed by atoms with E-state index in [9.17, 15) is 4.79 Å². The number of alkyl halides is 1. The lowest BCUT2D eigenvalue weighted by atomic mass is 10.2. The van der Waals surface area contributed by atoms with Crippen LogP contribution in [0.25, 0.3) is 0 Å². The molecule has 0 N–H and O–H groups in total. The third-order valence-corrected chi connectivity index (χ3v) is 1.05. The predicted octanol–water partition coefficient (Wildman–Crippen LogP) is 1.76. The van der Waals surface area contributed by atoms with Crippen LogP contribution in [0.2, 0.25) is 0 Å². The van der Waals surface area contributed by atoms with E-state index in [0.717, 1.165) is 6.42 Å². The SMILES string of the molecule is C=CC(=O)CCCCl. The monoisotopic (exact) mass is 132 g/mol. The Hall–Kier alpha value is -0.300. The van der Waals surface area contributed by atoms with Crippen molar-refractivity contribution in [1.29, 1.82) is 0 Å². The molecule has 0 aliphatic heterocycles. The maximum absolute atomic E-state index is 10.4. The lowest BCUT2D eigenvalue weighted by Gasteiger charge is -1.86. The maximum Gasteiger partial charge on any atom is 0.155 e. The molecule has 0 saturated carbocycles.